The van der Waals surface area contributed by atoms with Crippen LogP contribution in [0.2, 0.25) is 0 Å². The minimum absolute atomic E-state index is 0.842. The molecule has 14 heavy (non-hydrogen) atoms. The zero-order valence-corrected chi connectivity index (χ0v) is 9.57. The maximum absolute atomic E-state index is 4.39. The van der Waals surface area contributed by atoms with Crippen molar-refractivity contribution in [2.45, 2.75) is 32.6 Å². The van der Waals surface area contributed by atoms with Gasteiger partial charge in [-0.25, -0.2) is 4.98 Å². The van der Waals surface area contributed by atoms with E-state index in [0.29, 0.717) is 0 Å². The van der Waals surface area contributed by atoms with Crippen LogP contribution in [0.4, 0.5) is 0 Å². The minimum atomic E-state index is 0.842. The molecule has 1 aromatic rings. The number of rotatable bonds is 4. The second kappa shape index (κ2) is 4.89. The molecule has 0 saturated carbocycles. The number of hydrogen-bond acceptors (Lipinski definition) is 3. The molecule has 0 radical (unpaired) electrons. The fourth-order valence-corrected chi connectivity index (χ4v) is 2.96. The molecule has 0 aliphatic heterocycles. The monoisotopic (exact) mass is 210 g/mol. The topological polar surface area (TPSA) is 24.9 Å². The van der Waals surface area contributed by atoms with E-state index in [-0.39, 0.29) is 0 Å². The van der Waals surface area contributed by atoms with Crippen LogP contribution in [0.1, 0.15) is 30.3 Å². The van der Waals surface area contributed by atoms with Gasteiger partial charge >= 0.3 is 0 Å². The normalized spacial score (nSPS) is 20.8. The molecule has 0 aromatic carbocycles. The van der Waals surface area contributed by atoms with Crippen LogP contribution in [0.3, 0.4) is 0 Å². The van der Waals surface area contributed by atoms with Crippen molar-refractivity contribution in [3.63, 3.8) is 0 Å². The predicted molar refractivity (Wildman–Crippen MR) is 60.8 cm³/mol. The second-order valence-corrected chi connectivity index (χ2v) is 4.97. The first-order chi connectivity index (χ1) is 6.90. The van der Waals surface area contributed by atoms with Crippen molar-refractivity contribution in [2.75, 3.05) is 13.1 Å². The molecule has 2 nitrogen and oxygen atoms in total. The molecule has 1 N–H and O–H groups in total. The van der Waals surface area contributed by atoms with Gasteiger partial charge in [-0.3, -0.25) is 0 Å². The van der Waals surface area contributed by atoms with Crippen LogP contribution in [-0.2, 0) is 12.8 Å². The highest BCUT2D eigenvalue weighted by Gasteiger charge is 2.19. The van der Waals surface area contributed by atoms with E-state index in [2.05, 4.69) is 17.2 Å². The van der Waals surface area contributed by atoms with Gasteiger partial charge in [-0.15, -0.1) is 11.3 Å². The van der Waals surface area contributed by atoms with Crippen molar-refractivity contribution < 1.29 is 0 Å². The Balaban J connectivity index is 1.82. The van der Waals surface area contributed by atoms with E-state index in [9.17, 15) is 0 Å². The van der Waals surface area contributed by atoms with E-state index in [1.807, 2.05) is 16.8 Å². The van der Waals surface area contributed by atoms with E-state index in [1.165, 1.54) is 42.8 Å². The maximum Gasteiger partial charge on any atom is 0.0797 e. The number of thiazole rings is 1. The van der Waals surface area contributed by atoms with E-state index in [1.54, 1.807) is 0 Å². The van der Waals surface area contributed by atoms with Crippen molar-refractivity contribution in [3.8, 4) is 0 Å². The molecule has 1 aliphatic rings. The lowest BCUT2D eigenvalue weighted by molar-refractivity contribution is 0.426. The Hall–Kier alpha value is -0.410. The summed E-state index contributed by atoms with van der Waals surface area (Å²) in [5.41, 5.74) is 3.36. The standard InChI is InChI=1S/C11H18N2S/c1-2-5-12-7-9-3-4-10-11(6-9)14-8-13-10/h8-9,12H,2-7H2,1H3. The van der Waals surface area contributed by atoms with Crippen molar-refractivity contribution in [1.29, 1.82) is 0 Å². The molecule has 1 unspecified atom stereocenters. The highest BCUT2D eigenvalue weighted by molar-refractivity contribution is 7.09. The summed E-state index contributed by atoms with van der Waals surface area (Å²) >= 11 is 1.83. The Morgan fingerprint density at radius 3 is 3.43 bits per heavy atom. The zero-order chi connectivity index (χ0) is 9.80. The van der Waals surface area contributed by atoms with E-state index < -0.39 is 0 Å². The molecule has 0 spiro atoms. The highest BCUT2D eigenvalue weighted by atomic mass is 32.1. The molecule has 0 bridgehead atoms. The SMILES string of the molecule is CCCNCC1CCc2ncsc2C1. The summed E-state index contributed by atoms with van der Waals surface area (Å²) in [6, 6.07) is 0. The molecule has 0 fully saturated rings. The first kappa shape index (κ1) is 10.1. The second-order valence-electron chi connectivity index (χ2n) is 4.04. The van der Waals surface area contributed by atoms with Crippen molar-refractivity contribution in [3.05, 3.63) is 16.1 Å². The molecule has 1 heterocycles. The van der Waals surface area contributed by atoms with E-state index in [0.717, 1.165) is 12.5 Å². The number of nitrogens with zero attached hydrogens (tertiary/aromatic N) is 1. The third kappa shape index (κ3) is 2.34. The summed E-state index contributed by atoms with van der Waals surface area (Å²) < 4.78 is 0. The number of fused-ring (bicyclic) bond motifs is 1. The van der Waals surface area contributed by atoms with E-state index >= 15 is 0 Å². The fraction of sp³-hybridized carbons (Fsp3) is 0.727. The van der Waals surface area contributed by atoms with Gasteiger partial charge in [0.1, 0.15) is 0 Å². The molecule has 2 rings (SSSR count). The average Bonchev–Trinajstić information content (AvgIpc) is 2.65. The summed E-state index contributed by atoms with van der Waals surface area (Å²) in [5.74, 6) is 0.842. The number of aromatic nitrogens is 1. The van der Waals surface area contributed by atoms with Gasteiger partial charge in [-0.05, 0) is 44.7 Å². The van der Waals surface area contributed by atoms with E-state index in [4.69, 9.17) is 0 Å². The lowest BCUT2D eigenvalue weighted by Crippen LogP contribution is -2.27. The third-order valence-corrected chi connectivity index (χ3v) is 3.75. The van der Waals surface area contributed by atoms with Crippen LogP contribution in [-0.4, -0.2) is 18.1 Å². The van der Waals surface area contributed by atoms with Crippen molar-refractivity contribution >= 4 is 11.3 Å². The molecular weight excluding hydrogens is 192 g/mol. The molecule has 0 saturated heterocycles. The first-order valence-electron chi connectivity index (χ1n) is 5.52. The maximum atomic E-state index is 4.39. The lowest BCUT2D eigenvalue weighted by atomic mass is 9.91. The van der Waals surface area contributed by atoms with Gasteiger partial charge < -0.3 is 5.32 Å². The zero-order valence-electron chi connectivity index (χ0n) is 8.75. The van der Waals surface area contributed by atoms with Gasteiger partial charge in [0.25, 0.3) is 0 Å². The summed E-state index contributed by atoms with van der Waals surface area (Å²) in [4.78, 5) is 5.91. The van der Waals surface area contributed by atoms with Crippen molar-refractivity contribution in [2.24, 2.45) is 5.92 Å². The molecule has 1 aliphatic carbocycles. The van der Waals surface area contributed by atoms with Crippen LogP contribution in [0.5, 0.6) is 0 Å². The van der Waals surface area contributed by atoms with Crippen LogP contribution < -0.4 is 5.32 Å². The van der Waals surface area contributed by atoms with Gasteiger partial charge in [0, 0.05) is 4.88 Å². The van der Waals surface area contributed by atoms with Gasteiger partial charge in [0.05, 0.1) is 11.2 Å². The smallest absolute Gasteiger partial charge is 0.0797 e. The van der Waals surface area contributed by atoms with Gasteiger partial charge in [-0.1, -0.05) is 6.92 Å². The summed E-state index contributed by atoms with van der Waals surface area (Å²) in [5, 5.41) is 3.51. The minimum Gasteiger partial charge on any atom is -0.316 e. The fourth-order valence-electron chi connectivity index (χ4n) is 2.03. The Morgan fingerprint density at radius 1 is 1.64 bits per heavy atom. The summed E-state index contributed by atoms with van der Waals surface area (Å²) in [6.07, 6.45) is 4.99. The molecule has 1 aromatic heterocycles. The Morgan fingerprint density at radius 2 is 2.57 bits per heavy atom. The number of aryl methyl sites for hydroxylation is 1. The molecule has 78 valence electrons. The van der Waals surface area contributed by atoms with Gasteiger partial charge in [-0.2, -0.15) is 0 Å². The predicted octanol–water partition coefficient (Wildman–Crippen LogP) is 2.25. The van der Waals surface area contributed by atoms with Crippen LogP contribution in [0, 0.1) is 5.92 Å². The summed E-state index contributed by atoms with van der Waals surface area (Å²) in [7, 11) is 0. The average molecular weight is 210 g/mol. The van der Waals surface area contributed by atoms with Crippen LogP contribution in [0.15, 0.2) is 5.51 Å². The van der Waals surface area contributed by atoms with Crippen LogP contribution in [0.25, 0.3) is 0 Å². The van der Waals surface area contributed by atoms with Gasteiger partial charge in [0.2, 0.25) is 0 Å². The highest BCUT2D eigenvalue weighted by Crippen LogP contribution is 2.27. The molecule has 1 atom stereocenters. The Labute approximate surface area is 89.8 Å². The molecule has 3 heteroatoms. The quantitative estimate of drug-likeness (QED) is 0.771. The third-order valence-electron chi connectivity index (χ3n) is 2.85. The van der Waals surface area contributed by atoms with Gasteiger partial charge in [0.15, 0.2) is 0 Å². The number of nitrogens with one attached hydrogen (secondary N) is 1. The first-order valence-corrected chi connectivity index (χ1v) is 6.40. The molecule has 0 amide bonds. The van der Waals surface area contributed by atoms with Crippen LogP contribution >= 0.6 is 11.3 Å². The Bertz CT molecular complexity index is 283. The lowest BCUT2D eigenvalue weighted by Gasteiger charge is -2.21. The largest absolute Gasteiger partial charge is 0.316 e. The van der Waals surface area contributed by atoms with Crippen molar-refractivity contribution in [1.82, 2.24) is 10.3 Å². The number of hydrogen-bond donors (Lipinski definition) is 1. The molecular formula is C11H18N2S. The summed E-state index contributed by atoms with van der Waals surface area (Å²) in [6.45, 7) is 4.56. The Kier molecular flexibility index (Phi) is 3.54.